The van der Waals surface area contributed by atoms with Crippen LogP contribution < -0.4 is 0 Å². The standard InChI is InChI=1S/C19H20O7/c1-9-7-12(21)18(25)16(24,8-9)5-6-17-15(23)13-10(3-2-4-11(13)20)14(22)19(17,18)26-17/h2-4,9,15,20,23-25H,5-8H2,1H3/t9-,15+,16-,17-,18-,19+/m0/s1. The topological polar surface area (TPSA) is 128 Å². The van der Waals surface area contributed by atoms with Crippen molar-refractivity contribution in [2.24, 2.45) is 5.92 Å². The van der Waals surface area contributed by atoms with Gasteiger partial charge in [-0.25, -0.2) is 0 Å². The van der Waals surface area contributed by atoms with Crippen LogP contribution in [-0.2, 0) is 9.53 Å². The summed E-state index contributed by atoms with van der Waals surface area (Å²) < 4.78 is 5.78. The first-order chi connectivity index (χ1) is 12.1. The van der Waals surface area contributed by atoms with Gasteiger partial charge in [-0.15, -0.1) is 0 Å². The molecular formula is C19H20O7. The second kappa shape index (κ2) is 4.36. The lowest BCUT2D eigenvalue weighted by Gasteiger charge is -2.54. The van der Waals surface area contributed by atoms with Gasteiger partial charge < -0.3 is 25.2 Å². The van der Waals surface area contributed by atoms with Gasteiger partial charge in [0.1, 0.15) is 23.1 Å². The Labute approximate surface area is 149 Å². The van der Waals surface area contributed by atoms with Gasteiger partial charge in [0.15, 0.2) is 11.4 Å². The summed E-state index contributed by atoms with van der Waals surface area (Å²) in [5.74, 6) is -1.67. The normalized spacial score (nSPS) is 48.9. The van der Waals surface area contributed by atoms with Crippen LogP contribution in [0.15, 0.2) is 18.2 Å². The Bertz CT molecular complexity index is 881. The van der Waals surface area contributed by atoms with Crippen LogP contribution in [0.2, 0.25) is 0 Å². The molecule has 4 aliphatic rings. The number of hydrogen-bond acceptors (Lipinski definition) is 7. The first kappa shape index (κ1) is 16.4. The molecule has 2 saturated carbocycles. The molecule has 3 fully saturated rings. The van der Waals surface area contributed by atoms with Crippen LogP contribution in [0.1, 0.15) is 54.6 Å². The molecule has 7 nitrogen and oxygen atoms in total. The summed E-state index contributed by atoms with van der Waals surface area (Å²) in [6.07, 6.45) is -1.05. The molecule has 0 aromatic heterocycles. The van der Waals surface area contributed by atoms with Gasteiger partial charge in [-0.3, -0.25) is 9.59 Å². The van der Waals surface area contributed by atoms with Crippen molar-refractivity contribution in [1.29, 1.82) is 0 Å². The molecule has 1 aromatic carbocycles. The number of carbonyl (C=O) groups excluding carboxylic acids is 2. The molecule has 26 heavy (non-hydrogen) atoms. The van der Waals surface area contributed by atoms with E-state index in [1.807, 2.05) is 6.92 Å². The number of hydrogen-bond donors (Lipinski definition) is 4. The summed E-state index contributed by atoms with van der Waals surface area (Å²) in [6, 6.07) is 4.24. The maximum atomic E-state index is 13.4. The molecule has 6 atom stereocenters. The number of carbonyl (C=O) groups is 2. The maximum Gasteiger partial charge on any atom is 0.202 e. The van der Waals surface area contributed by atoms with E-state index in [0.717, 1.165) is 0 Å². The molecule has 0 amide bonds. The van der Waals surface area contributed by atoms with Crippen molar-refractivity contribution in [1.82, 2.24) is 0 Å². The summed E-state index contributed by atoms with van der Waals surface area (Å²) >= 11 is 0. The summed E-state index contributed by atoms with van der Waals surface area (Å²) in [6.45, 7) is 1.81. The molecule has 5 rings (SSSR count). The zero-order chi connectivity index (χ0) is 18.7. The van der Waals surface area contributed by atoms with Gasteiger partial charge in [0.05, 0.1) is 0 Å². The van der Waals surface area contributed by atoms with E-state index >= 15 is 0 Å². The SMILES string of the molecule is C[C@H]1CC(=O)[C@]2(O)[C@](O)(CC[C@@]34O[C@@]23C(=O)c2cccc(O)c2[C@H]4O)C1. The van der Waals surface area contributed by atoms with Crippen LogP contribution in [0.4, 0.5) is 0 Å². The number of phenols is 1. The summed E-state index contributed by atoms with van der Waals surface area (Å²) in [7, 11) is 0. The van der Waals surface area contributed by atoms with Crippen LogP contribution in [0.3, 0.4) is 0 Å². The average Bonchev–Trinajstić information content (AvgIpc) is 3.29. The van der Waals surface area contributed by atoms with E-state index in [2.05, 4.69) is 0 Å². The lowest BCUT2D eigenvalue weighted by Crippen LogP contribution is -2.77. The van der Waals surface area contributed by atoms with Gasteiger partial charge in [0.25, 0.3) is 0 Å². The van der Waals surface area contributed by atoms with Crippen LogP contribution >= 0.6 is 0 Å². The van der Waals surface area contributed by atoms with E-state index in [-0.39, 0.29) is 48.5 Å². The van der Waals surface area contributed by atoms with Gasteiger partial charge >= 0.3 is 0 Å². The minimum Gasteiger partial charge on any atom is -0.508 e. The molecule has 7 heteroatoms. The van der Waals surface area contributed by atoms with Gasteiger partial charge in [-0.2, -0.15) is 0 Å². The Hall–Kier alpha value is -1.80. The van der Waals surface area contributed by atoms with Crippen LogP contribution in [0.25, 0.3) is 0 Å². The highest BCUT2D eigenvalue weighted by molar-refractivity contribution is 6.14. The number of phenolic OH excluding ortho intramolecular Hbond substituents is 1. The van der Waals surface area contributed by atoms with Crippen LogP contribution in [-0.4, -0.2) is 54.4 Å². The highest BCUT2D eigenvalue weighted by atomic mass is 16.7. The monoisotopic (exact) mass is 360 g/mol. The predicted molar refractivity (Wildman–Crippen MR) is 86.5 cm³/mol. The number of rotatable bonds is 0. The third kappa shape index (κ3) is 1.37. The van der Waals surface area contributed by atoms with Crippen molar-refractivity contribution >= 4 is 11.6 Å². The Morgan fingerprint density at radius 2 is 1.92 bits per heavy atom. The Morgan fingerprint density at radius 1 is 1.19 bits per heavy atom. The Morgan fingerprint density at radius 3 is 2.65 bits per heavy atom. The molecule has 1 heterocycles. The second-order valence-electron chi connectivity index (χ2n) is 8.32. The van der Waals surface area contributed by atoms with Gasteiger partial charge in [-0.1, -0.05) is 19.1 Å². The number of aliphatic hydroxyl groups excluding tert-OH is 1. The van der Waals surface area contributed by atoms with E-state index in [9.17, 15) is 30.0 Å². The molecule has 1 aromatic rings. The molecule has 4 N–H and O–H groups in total. The van der Waals surface area contributed by atoms with Crippen molar-refractivity contribution in [2.45, 2.75) is 61.1 Å². The minimum atomic E-state index is -2.41. The lowest BCUT2D eigenvalue weighted by molar-refractivity contribution is -0.214. The van der Waals surface area contributed by atoms with E-state index in [0.29, 0.717) is 0 Å². The number of ether oxygens (including phenoxy) is 1. The van der Waals surface area contributed by atoms with Crippen LogP contribution in [0, 0.1) is 5.92 Å². The molecule has 0 spiro atoms. The molecule has 0 bridgehead atoms. The number of ketones is 2. The molecule has 1 aliphatic heterocycles. The maximum absolute atomic E-state index is 13.4. The van der Waals surface area contributed by atoms with E-state index in [1.165, 1.54) is 18.2 Å². The predicted octanol–water partition coefficient (Wildman–Crippen LogP) is 0.385. The average molecular weight is 360 g/mol. The van der Waals surface area contributed by atoms with E-state index < -0.39 is 40.1 Å². The summed E-state index contributed by atoms with van der Waals surface area (Å²) in [5.41, 5.74) is -7.65. The van der Waals surface area contributed by atoms with Crippen molar-refractivity contribution < 1.29 is 34.8 Å². The van der Waals surface area contributed by atoms with Crippen molar-refractivity contribution in [3.8, 4) is 5.75 Å². The van der Waals surface area contributed by atoms with E-state index in [1.54, 1.807) is 0 Å². The highest BCUT2D eigenvalue weighted by Crippen LogP contribution is 2.73. The third-order valence-corrected chi connectivity index (χ3v) is 6.97. The molecule has 0 unspecified atom stereocenters. The van der Waals surface area contributed by atoms with Crippen LogP contribution in [0.5, 0.6) is 5.75 Å². The fraction of sp³-hybridized carbons (Fsp3) is 0.579. The third-order valence-electron chi connectivity index (χ3n) is 6.97. The molecule has 1 saturated heterocycles. The smallest absolute Gasteiger partial charge is 0.202 e. The summed E-state index contributed by atoms with van der Waals surface area (Å²) in [5, 5.41) is 43.8. The van der Waals surface area contributed by atoms with Gasteiger partial charge in [-0.05, 0) is 31.2 Å². The number of benzene rings is 1. The van der Waals surface area contributed by atoms with Crippen molar-refractivity contribution in [3.05, 3.63) is 29.3 Å². The number of aromatic hydroxyl groups is 1. The summed E-state index contributed by atoms with van der Waals surface area (Å²) in [4.78, 5) is 26.3. The fourth-order valence-corrected chi connectivity index (χ4v) is 5.82. The first-order valence-corrected chi connectivity index (χ1v) is 8.87. The molecule has 138 valence electrons. The van der Waals surface area contributed by atoms with Crippen molar-refractivity contribution in [2.75, 3.05) is 0 Å². The molecular weight excluding hydrogens is 340 g/mol. The fourth-order valence-electron chi connectivity index (χ4n) is 5.82. The molecule has 0 radical (unpaired) electrons. The first-order valence-electron chi connectivity index (χ1n) is 8.87. The largest absolute Gasteiger partial charge is 0.508 e. The van der Waals surface area contributed by atoms with Gasteiger partial charge in [0, 0.05) is 17.5 Å². The Kier molecular flexibility index (Phi) is 2.75. The Balaban J connectivity index is 1.78. The quantitative estimate of drug-likeness (QED) is 0.493. The highest BCUT2D eigenvalue weighted by Gasteiger charge is 2.93. The number of epoxide rings is 1. The van der Waals surface area contributed by atoms with Gasteiger partial charge in [0.2, 0.25) is 11.4 Å². The number of Topliss-reactive ketones (excluding diaryl/α,β-unsaturated/α-hetero) is 2. The zero-order valence-corrected chi connectivity index (χ0v) is 14.2. The number of fused-ring (bicyclic) bond motifs is 2. The molecule has 3 aliphatic carbocycles. The zero-order valence-electron chi connectivity index (χ0n) is 14.2. The van der Waals surface area contributed by atoms with Crippen molar-refractivity contribution in [3.63, 3.8) is 0 Å². The lowest BCUT2D eigenvalue weighted by atomic mass is 9.50. The van der Waals surface area contributed by atoms with E-state index in [4.69, 9.17) is 4.74 Å². The second-order valence-corrected chi connectivity index (χ2v) is 8.32. The number of aliphatic hydroxyl groups is 3. The minimum absolute atomic E-state index is 0.00900.